The minimum atomic E-state index is -0.867. The van der Waals surface area contributed by atoms with E-state index in [1.54, 1.807) is 0 Å². The summed E-state index contributed by atoms with van der Waals surface area (Å²) in [7, 11) is 1.11. The van der Waals surface area contributed by atoms with E-state index in [4.69, 9.17) is 5.11 Å². The number of hydrogen-bond acceptors (Lipinski definition) is 5. The number of methoxy groups -OCH3 is 1. The summed E-state index contributed by atoms with van der Waals surface area (Å²) in [6, 6.07) is 0. The Bertz CT molecular complexity index is 458. The number of H-pyrrole nitrogens is 1. The van der Waals surface area contributed by atoms with Gasteiger partial charge in [0, 0.05) is 6.20 Å². The van der Waals surface area contributed by atoms with E-state index in [1.807, 2.05) is 4.98 Å². The lowest BCUT2D eigenvalue weighted by atomic mass is 10.3. The molecule has 7 heteroatoms. The van der Waals surface area contributed by atoms with Crippen molar-refractivity contribution in [2.45, 2.75) is 6.73 Å². The molecule has 0 unspecified atom stereocenters. The van der Waals surface area contributed by atoms with Crippen LogP contribution in [0.2, 0.25) is 0 Å². The predicted octanol–water partition coefficient (Wildman–Crippen LogP) is -1.73. The molecule has 1 aromatic rings. The third-order valence-electron chi connectivity index (χ3n) is 1.57. The van der Waals surface area contributed by atoms with Gasteiger partial charge in [0.25, 0.3) is 5.56 Å². The molecule has 1 heterocycles. The molecular weight excluding hydrogens is 192 g/mol. The molecule has 7 nitrogen and oxygen atoms in total. The molecule has 0 saturated heterocycles. The number of carbonyl (C=O) groups is 1. The van der Waals surface area contributed by atoms with Crippen molar-refractivity contribution in [2.75, 3.05) is 7.11 Å². The Labute approximate surface area is 77.6 Å². The first-order valence-corrected chi connectivity index (χ1v) is 3.63. The van der Waals surface area contributed by atoms with Gasteiger partial charge in [0.2, 0.25) is 0 Å². The van der Waals surface area contributed by atoms with Crippen molar-refractivity contribution in [1.29, 1.82) is 0 Å². The van der Waals surface area contributed by atoms with Gasteiger partial charge in [0.1, 0.15) is 12.3 Å². The fraction of sp³-hybridized carbons (Fsp3) is 0.286. The van der Waals surface area contributed by atoms with Crippen LogP contribution in [0.4, 0.5) is 0 Å². The fourth-order valence-corrected chi connectivity index (χ4v) is 0.870. The summed E-state index contributed by atoms with van der Waals surface area (Å²) < 4.78 is 5.07. The molecule has 2 N–H and O–H groups in total. The van der Waals surface area contributed by atoms with E-state index in [9.17, 15) is 14.4 Å². The molecule has 0 fully saturated rings. The number of rotatable bonds is 2. The summed E-state index contributed by atoms with van der Waals surface area (Å²) >= 11 is 0. The smallest absolute Gasteiger partial charge is 0.345 e. The largest absolute Gasteiger partial charge is 0.465 e. The summed E-state index contributed by atoms with van der Waals surface area (Å²) in [5.41, 5.74) is -1.96. The topological polar surface area (TPSA) is 101 Å². The lowest BCUT2D eigenvalue weighted by molar-refractivity contribution is 0.0596. The summed E-state index contributed by atoms with van der Waals surface area (Å²) in [4.78, 5) is 34.8. The Kier molecular flexibility index (Phi) is 2.82. The van der Waals surface area contributed by atoms with Gasteiger partial charge in [-0.2, -0.15) is 0 Å². The van der Waals surface area contributed by atoms with Crippen molar-refractivity contribution in [3.8, 4) is 0 Å². The number of nitrogens with one attached hydrogen (secondary N) is 1. The molecule has 0 bridgehead atoms. The molecule has 0 aliphatic rings. The Morgan fingerprint density at radius 1 is 1.64 bits per heavy atom. The highest BCUT2D eigenvalue weighted by atomic mass is 16.5. The minimum Gasteiger partial charge on any atom is -0.465 e. The maximum Gasteiger partial charge on any atom is 0.345 e. The molecule has 0 aliphatic carbocycles. The average Bonchev–Trinajstić information content (AvgIpc) is 2.17. The van der Waals surface area contributed by atoms with E-state index in [0.717, 1.165) is 17.9 Å². The highest BCUT2D eigenvalue weighted by Crippen LogP contribution is 1.90. The number of aromatic nitrogens is 2. The van der Waals surface area contributed by atoms with Crippen LogP contribution >= 0.6 is 0 Å². The monoisotopic (exact) mass is 200 g/mol. The Morgan fingerprint density at radius 3 is 2.79 bits per heavy atom. The van der Waals surface area contributed by atoms with Crippen molar-refractivity contribution in [2.24, 2.45) is 0 Å². The van der Waals surface area contributed by atoms with Crippen LogP contribution in [0, 0.1) is 0 Å². The predicted molar refractivity (Wildman–Crippen MR) is 44.9 cm³/mol. The summed E-state index contributed by atoms with van der Waals surface area (Å²) in [5, 5.41) is 8.68. The van der Waals surface area contributed by atoms with Crippen LogP contribution in [0.1, 0.15) is 10.4 Å². The van der Waals surface area contributed by atoms with E-state index < -0.39 is 23.9 Å². The van der Waals surface area contributed by atoms with Gasteiger partial charge in [-0.05, 0) is 0 Å². The molecule has 0 amide bonds. The first kappa shape index (κ1) is 10.2. The second-order valence-electron chi connectivity index (χ2n) is 2.40. The summed E-state index contributed by atoms with van der Waals surface area (Å²) in [5.74, 6) is -0.867. The molecule has 0 atom stereocenters. The number of esters is 1. The highest BCUT2D eigenvalue weighted by molar-refractivity contribution is 5.88. The average molecular weight is 200 g/mol. The number of aliphatic hydroxyl groups excluding tert-OH is 1. The van der Waals surface area contributed by atoms with E-state index in [2.05, 4.69) is 4.74 Å². The second-order valence-corrected chi connectivity index (χ2v) is 2.40. The van der Waals surface area contributed by atoms with Crippen LogP contribution < -0.4 is 11.2 Å². The standard InChI is InChI=1S/C7H8N2O5/c1-14-6(12)4-2-9(3-10)7(13)8-5(4)11/h2,10H,3H2,1H3,(H,8,11,13). The zero-order chi connectivity index (χ0) is 10.7. The number of carbonyl (C=O) groups excluding carboxylic acids is 1. The third-order valence-corrected chi connectivity index (χ3v) is 1.57. The molecule has 0 aromatic carbocycles. The van der Waals surface area contributed by atoms with Crippen molar-refractivity contribution in [3.05, 3.63) is 32.6 Å². The van der Waals surface area contributed by atoms with E-state index in [0.29, 0.717) is 0 Å². The van der Waals surface area contributed by atoms with Crippen molar-refractivity contribution in [3.63, 3.8) is 0 Å². The lowest BCUT2D eigenvalue weighted by Gasteiger charge is -2.02. The fourth-order valence-electron chi connectivity index (χ4n) is 0.870. The first-order valence-electron chi connectivity index (χ1n) is 3.63. The van der Waals surface area contributed by atoms with Crippen LogP contribution in [-0.4, -0.2) is 27.7 Å². The van der Waals surface area contributed by atoms with Gasteiger partial charge < -0.3 is 9.84 Å². The molecule has 0 radical (unpaired) electrons. The Morgan fingerprint density at radius 2 is 2.29 bits per heavy atom. The van der Waals surface area contributed by atoms with Crippen molar-refractivity contribution >= 4 is 5.97 Å². The number of aromatic amines is 1. The SMILES string of the molecule is COC(=O)c1cn(CO)c(=O)[nH]c1=O. The van der Waals surface area contributed by atoms with Crippen LogP contribution in [-0.2, 0) is 11.5 Å². The normalized spacial score (nSPS) is 9.86. The van der Waals surface area contributed by atoms with Gasteiger partial charge in [0.05, 0.1) is 7.11 Å². The molecule has 1 aromatic heterocycles. The van der Waals surface area contributed by atoms with Crippen LogP contribution in [0.25, 0.3) is 0 Å². The van der Waals surface area contributed by atoms with Crippen LogP contribution in [0.3, 0.4) is 0 Å². The quantitative estimate of drug-likeness (QED) is 0.552. The molecule has 76 valence electrons. The maximum atomic E-state index is 11.1. The van der Waals surface area contributed by atoms with Gasteiger partial charge in [-0.15, -0.1) is 0 Å². The second kappa shape index (κ2) is 3.88. The molecule has 1 rings (SSSR count). The molecule has 0 spiro atoms. The van der Waals surface area contributed by atoms with Gasteiger partial charge in [-0.1, -0.05) is 0 Å². The van der Waals surface area contributed by atoms with Gasteiger partial charge in [-0.25, -0.2) is 9.59 Å². The van der Waals surface area contributed by atoms with Crippen molar-refractivity contribution in [1.82, 2.24) is 9.55 Å². The lowest BCUT2D eigenvalue weighted by Crippen LogP contribution is -2.33. The summed E-state index contributed by atoms with van der Waals surface area (Å²) in [6.45, 7) is -0.625. The van der Waals surface area contributed by atoms with Crippen LogP contribution in [0.5, 0.6) is 0 Å². The van der Waals surface area contributed by atoms with Gasteiger partial charge in [0.15, 0.2) is 0 Å². The van der Waals surface area contributed by atoms with E-state index in [1.165, 1.54) is 0 Å². The van der Waals surface area contributed by atoms with Crippen molar-refractivity contribution < 1.29 is 14.6 Å². The van der Waals surface area contributed by atoms with E-state index in [-0.39, 0.29) is 5.56 Å². The zero-order valence-electron chi connectivity index (χ0n) is 7.31. The third kappa shape index (κ3) is 1.72. The Balaban J connectivity index is 3.39. The zero-order valence-corrected chi connectivity index (χ0v) is 7.31. The minimum absolute atomic E-state index is 0.332. The highest BCUT2D eigenvalue weighted by Gasteiger charge is 2.12. The van der Waals surface area contributed by atoms with Crippen LogP contribution in [0.15, 0.2) is 15.8 Å². The number of aliphatic hydroxyl groups is 1. The van der Waals surface area contributed by atoms with Gasteiger partial charge >= 0.3 is 11.7 Å². The molecule has 0 aliphatic heterocycles. The van der Waals surface area contributed by atoms with Gasteiger partial charge in [-0.3, -0.25) is 14.3 Å². The molecule has 14 heavy (non-hydrogen) atoms. The van der Waals surface area contributed by atoms with E-state index >= 15 is 0 Å². The maximum absolute atomic E-state index is 11.1. The first-order chi connectivity index (χ1) is 6.60. The Hall–Kier alpha value is -1.89. The molecule has 0 saturated carbocycles. The molecular formula is C7H8N2O5. The number of hydrogen-bond donors (Lipinski definition) is 2. The summed E-state index contributed by atoms with van der Waals surface area (Å²) in [6.07, 6.45) is 0.938. The number of ether oxygens (including phenoxy) is 1. The number of nitrogens with zero attached hydrogens (tertiary/aromatic N) is 1.